The molecule has 0 spiro atoms. The molecule has 0 unspecified atom stereocenters. The third kappa shape index (κ3) is 3.41. The van der Waals surface area contributed by atoms with E-state index in [0.29, 0.717) is 6.04 Å². The number of hydrogen-bond donors (Lipinski definition) is 1. The van der Waals surface area contributed by atoms with Crippen molar-refractivity contribution >= 4 is 17.2 Å². The summed E-state index contributed by atoms with van der Waals surface area (Å²) in [6.07, 6.45) is 5.96. The van der Waals surface area contributed by atoms with Crippen molar-refractivity contribution in [2.24, 2.45) is 0 Å². The average Bonchev–Trinajstić information content (AvgIpc) is 2.85. The van der Waals surface area contributed by atoms with Gasteiger partial charge in [0.05, 0.1) is 9.75 Å². The number of carbonyl (C=O) groups is 1. The highest BCUT2D eigenvalue weighted by atomic mass is 32.1. The summed E-state index contributed by atoms with van der Waals surface area (Å²) in [5.74, 6) is 5.64. The Kier molecular flexibility index (Phi) is 5.22. The quantitative estimate of drug-likeness (QED) is 0.851. The summed E-state index contributed by atoms with van der Waals surface area (Å²) in [5, 5.41) is 8.75. The molecule has 1 saturated carbocycles. The topological polar surface area (TPSA) is 40.5 Å². The molecule has 0 atom stereocenters. The molecule has 0 aromatic carbocycles. The van der Waals surface area contributed by atoms with Crippen molar-refractivity contribution in [3.05, 3.63) is 21.4 Å². The molecule has 0 aliphatic heterocycles. The van der Waals surface area contributed by atoms with Crippen molar-refractivity contribution in [1.82, 2.24) is 4.90 Å². The van der Waals surface area contributed by atoms with E-state index >= 15 is 0 Å². The summed E-state index contributed by atoms with van der Waals surface area (Å²) in [6, 6.07) is 2.29. The maximum absolute atomic E-state index is 12.5. The van der Waals surface area contributed by atoms with Crippen molar-refractivity contribution in [3.8, 4) is 11.8 Å². The zero-order valence-corrected chi connectivity index (χ0v) is 12.9. The Bertz CT molecular complexity index is 532. The van der Waals surface area contributed by atoms with E-state index < -0.39 is 0 Å². The fraction of sp³-hybridized carbons (Fsp3) is 0.562. The van der Waals surface area contributed by atoms with Crippen molar-refractivity contribution in [2.75, 3.05) is 13.7 Å². The van der Waals surface area contributed by atoms with E-state index in [-0.39, 0.29) is 12.5 Å². The zero-order valence-electron chi connectivity index (χ0n) is 12.1. The second-order valence-corrected chi connectivity index (χ2v) is 6.34. The maximum atomic E-state index is 12.5. The van der Waals surface area contributed by atoms with Crippen molar-refractivity contribution in [3.63, 3.8) is 0 Å². The molecule has 1 aromatic rings. The average molecular weight is 291 g/mol. The molecule has 1 N–H and O–H groups in total. The Morgan fingerprint density at radius 3 is 2.80 bits per heavy atom. The molecule has 0 radical (unpaired) electrons. The molecule has 1 aliphatic carbocycles. The Hall–Kier alpha value is -1.31. The Morgan fingerprint density at radius 1 is 1.45 bits per heavy atom. The van der Waals surface area contributed by atoms with E-state index in [1.807, 2.05) is 24.9 Å². The lowest BCUT2D eigenvalue weighted by molar-refractivity contribution is 0.0701. The molecule has 1 aliphatic rings. The summed E-state index contributed by atoms with van der Waals surface area (Å²) < 4.78 is 0. The van der Waals surface area contributed by atoms with Crippen LogP contribution < -0.4 is 0 Å². The first-order chi connectivity index (χ1) is 9.63. The highest BCUT2D eigenvalue weighted by Gasteiger charge is 2.24. The first-order valence-corrected chi connectivity index (χ1v) is 7.92. The van der Waals surface area contributed by atoms with Crippen LogP contribution in [0.3, 0.4) is 0 Å². The Labute approximate surface area is 124 Å². The van der Waals surface area contributed by atoms with Gasteiger partial charge in [0.25, 0.3) is 5.91 Å². The second-order valence-electron chi connectivity index (χ2n) is 5.29. The summed E-state index contributed by atoms with van der Waals surface area (Å²) in [6.45, 7) is 1.80. The normalized spacial score (nSPS) is 15.6. The van der Waals surface area contributed by atoms with Crippen LogP contribution >= 0.6 is 11.3 Å². The van der Waals surface area contributed by atoms with Gasteiger partial charge in [-0.25, -0.2) is 0 Å². The van der Waals surface area contributed by atoms with E-state index in [2.05, 4.69) is 11.8 Å². The number of aliphatic hydroxyl groups is 1. The number of hydrogen-bond acceptors (Lipinski definition) is 3. The minimum absolute atomic E-state index is 0.0991. The van der Waals surface area contributed by atoms with Crippen LogP contribution in [-0.2, 0) is 0 Å². The fourth-order valence-electron chi connectivity index (χ4n) is 2.64. The third-order valence-corrected chi connectivity index (χ3v) is 4.99. The van der Waals surface area contributed by atoms with Crippen molar-refractivity contribution < 1.29 is 9.90 Å². The number of aliphatic hydroxyl groups excluding tert-OH is 1. The van der Waals surface area contributed by atoms with Crippen LogP contribution in [0.15, 0.2) is 6.07 Å². The van der Waals surface area contributed by atoms with Crippen LogP contribution in [0.2, 0.25) is 0 Å². The van der Waals surface area contributed by atoms with E-state index in [0.717, 1.165) is 28.2 Å². The van der Waals surface area contributed by atoms with Gasteiger partial charge in [-0.3, -0.25) is 4.79 Å². The van der Waals surface area contributed by atoms with Crippen LogP contribution in [0.1, 0.15) is 52.2 Å². The van der Waals surface area contributed by atoms with E-state index in [9.17, 15) is 4.79 Å². The summed E-state index contributed by atoms with van der Waals surface area (Å²) in [7, 11) is 1.91. The number of carbonyl (C=O) groups excluding carboxylic acids is 1. The highest BCUT2D eigenvalue weighted by molar-refractivity contribution is 7.14. The first-order valence-electron chi connectivity index (χ1n) is 7.11. The lowest BCUT2D eigenvalue weighted by Crippen LogP contribution is -2.37. The summed E-state index contributed by atoms with van der Waals surface area (Å²) in [4.78, 5) is 16.0. The van der Waals surface area contributed by atoms with Gasteiger partial charge >= 0.3 is 0 Å². The molecule has 0 bridgehead atoms. The minimum Gasteiger partial charge on any atom is -0.384 e. The van der Waals surface area contributed by atoms with Gasteiger partial charge in [0.15, 0.2) is 0 Å². The fourth-order valence-corrected chi connectivity index (χ4v) is 3.67. The van der Waals surface area contributed by atoms with E-state index in [1.54, 1.807) is 0 Å². The van der Waals surface area contributed by atoms with Crippen molar-refractivity contribution in [2.45, 2.75) is 45.1 Å². The van der Waals surface area contributed by atoms with Crippen LogP contribution in [0, 0.1) is 18.8 Å². The first kappa shape index (κ1) is 15.1. The van der Waals surface area contributed by atoms with Crippen LogP contribution in [0.5, 0.6) is 0 Å². The molecular formula is C16H21NO2S. The molecule has 20 heavy (non-hydrogen) atoms. The Morgan fingerprint density at radius 2 is 2.15 bits per heavy atom. The smallest absolute Gasteiger partial charge is 0.263 e. The third-order valence-electron chi connectivity index (χ3n) is 3.85. The summed E-state index contributed by atoms with van der Waals surface area (Å²) in [5.41, 5.74) is 1.01. The van der Waals surface area contributed by atoms with Crippen LogP contribution in [0.4, 0.5) is 0 Å². The van der Waals surface area contributed by atoms with Gasteiger partial charge in [0, 0.05) is 13.1 Å². The van der Waals surface area contributed by atoms with Gasteiger partial charge in [-0.05, 0) is 31.4 Å². The lowest BCUT2D eigenvalue weighted by atomic mass is 9.94. The number of nitrogens with zero attached hydrogens (tertiary/aromatic N) is 1. The number of amides is 1. The molecule has 1 fully saturated rings. The largest absolute Gasteiger partial charge is 0.384 e. The lowest BCUT2D eigenvalue weighted by Gasteiger charge is -2.30. The SMILES string of the molecule is Cc1cc(C(=O)N(C)C2CCCCC2)sc1C#CCO. The molecule has 1 amide bonds. The molecule has 3 nitrogen and oxygen atoms in total. The zero-order chi connectivity index (χ0) is 14.5. The number of aryl methyl sites for hydroxylation is 1. The van der Waals surface area contributed by atoms with Gasteiger partial charge < -0.3 is 10.0 Å². The van der Waals surface area contributed by atoms with Crippen LogP contribution in [0.25, 0.3) is 0 Å². The van der Waals surface area contributed by atoms with Crippen LogP contribution in [-0.4, -0.2) is 35.6 Å². The monoisotopic (exact) mass is 291 g/mol. The van der Waals surface area contributed by atoms with Gasteiger partial charge in [-0.2, -0.15) is 0 Å². The van der Waals surface area contributed by atoms with E-state index in [1.165, 1.54) is 30.6 Å². The number of rotatable bonds is 2. The standard InChI is InChI=1S/C16H21NO2S/c1-12-11-15(20-14(12)9-6-10-18)16(19)17(2)13-7-4-3-5-8-13/h11,13,18H,3-5,7-8,10H2,1-2H3. The second kappa shape index (κ2) is 6.92. The molecule has 0 saturated heterocycles. The van der Waals surface area contributed by atoms with Crippen molar-refractivity contribution in [1.29, 1.82) is 0 Å². The molecule has 1 aromatic heterocycles. The van der Waals surface area contributed by atoms with E-state index in [4.69, 9.17) is 5.11 Å². The Balaban J connectivity index is 2.12. The number of thiophene rings is 1. The predicted molar refractivity (Wildman–Crippen MR) is 82.0 cm³/mol. The molecule has 1 heterocycles. The summed E-state index contributed by atoms with van der Waals surface area (Å²) >= 11 is 1.42. The maximum Gasteiger partial charge on any atom is 0.263 e. The predicted octanol–water partition coefficient (Wildman–Crippen LogP) is 2.81. The van der Waals surface area contributed by atoms with Gasteiger partial charge in [-0.15, -0.1) is 11.3 Å². The molecule has 4 heteroatoms. The molecular weight excluding hydrogens is 270 g/mol. The van der Waals surface area contributed by atoms with Gasteiger partial charge in [-0.1, -0.05) is 31.1 Å². The van der Waals surface area contributed by atoms with Gasteiger partial charge in [0.2, 0.25) is 0 Å². The molecule has 2 rings (SSSR count). The molecule has 108 valence electrons. The minimum atomic E-state index is -0.150. The highest BCUT2D eigenvalue weighted by Crippen LogP contribution is 2.26. The van der Waals surface area contributed by atoms with Gasteiger partial charge in [0.1, 0.15) is 6.61 Å².